The zero-order valence-electron chi connectivity index (χ0n) is 11.9. The van der Waals surface area contributed by atoms with Crippen molar-refractivity contribution in [1.29, 1.82) is 0 Å². The summed E-state index contributed by atoms with van der Waals surface area (Å²) in [6.07, 6.45) is 4.84. The fourth-order valence-corrected chi connectivity index (χ4v) is 4.08. The second-order valence-electron chi connectivity index (χ2n) is 5.37. The van der Waals surface area contributed by atoms with Gasteiger partial charge in [0.15, 0.2) is 9.84 Å². The molecule has 1 saturated heterocycles. The summed E-state index contributed by atoms with van der Waals surface area (Å²) < 4.78 is 22.9. The molecule has 1 aliphatic heterocycles. The summed E-state index contributed by atoms with van der Waals surface area (Å²) in [5.41, 5.74) is 1.88. The molecule has 6 heteroatoms. The maximum atomic E-state index is 11.5. The lowest BCUT2D eigenvalue weighted by Gasteiger charge is -2.21. The normalized spacial score (nSPS) is 19.6. The summed E-state index contributed by atoms with van der Waals surface area (Å²) in [5.74, 6) is 0. The van der Waals surface area contributed by atoms with Gasteiger partial charge in [-0.15, -0.1) is 11.3 Å². The van der Waals surface area contributed by atoms with Gasteiger partial charge < -0.3 is 5.32 Å². The maximum Gasteiger partial charge on any atom is 0.175 e. The van der Waals surface area contributed by atoms with Crippen LogP contribution in [-0.4, -0.2) is 26.2 Å². The molecule has 1 atom stereocenters. The van der Waals surface area contributed by atoms with E-state index in [1.54, 1.807) is 23.5 Å². The summed E-state index contributed by atoms with van der Waals surface area (Å²) in [4.78, 5) is 5.05. The molecule has 112 valence electrons. The number of benzene rings is 1. The Kier molecular flexibility index (Phi) is 4.10. The quantitative estimate of drug-likeness (QED) is 0.943. The summed E-state index contributed by atoms with van der Waals surface area (Å²) in [5, 5.41) is 6.66. The van der Waals surface area contributed by atoms with Crippen LogP contribution in [0.3, 0.4) is 0 Å². The molecular weight excluding hydrogens is 304 g/mol. The summed E-state index contributed by atoms with van der Waals surface area (Å²) in [7, 11) is -3.14. The van der Waals surface area contributed by atoms with Gasteiger partial charge in [-0.25, -0.2) is 13.4 Å². The Morgan fingerprint density at radius 1 is 1.24 bits per heavy atom. The Labute approximate surface area is 129 Å². The first kappa shape index (κ1) is 14.7. The molecule has 0 radical (unpaired) electrons. The molecule has 1 aliphatic rings. The van der Waals surface area contributed by atoms with Crippen LogP contribution >= 0.6 is 11.3 Å². The summed E-state index contributed by atoms with van der Waals surface area (Å²) in [6, 6.07) is 7.30. The van der Waals surface area contributed by atoms with Crippen molar-refractivity contribution in [1.82, 2.24) is 10.3 Å². The Morgan fingerprint density at radius 2 is 2.00 bits per heavy atom. The molecule has 0 aliphatic carbocycles. The smallest absolute Gasteiger partial charge is 0.175 e. The highest BCUT2D eigenvalue weighted by Crippen LogP contribution is 2.29. The van der Waals surface area contributed by atoms with Crippen LogP contribution in [0.1, 0.15) is 30.3 Å². The third-order valence-electron chi connectivity index (χ3n) is 3.71. The lowest BCUT2D eigenvalue weighted by molar-refractivity contribution is 0.411. The van der Waals surface area contributed by atoms with Crippen LogP contribution in [0.2, 0.25) is 0 Å². The van der Waals surface area contributed by atoms with E-state index in [1.165, 1.54) is 19.1 Å². The van der Waals surface area contributed by atoms with Crippen molar-refractivity contribution in [3.8, 4) is 11.3 Å². The average Bonchev–Trinajstić information content (AvgIpc) is 2.97. The number of aromatic nitrogens is 1. The highest BCUT2D eigenvalue weighted by atomic mass is 32.2. The zero-order chi connectivity index (χ0) is 14.9. The minimum absolute atomic E-state index is 0.343. The Bertz CT molecular complexity index is 714. The molecule has 2 heterocycles. The van der Waals surface area contributed by atoms with E-state index in [9.17, 15) is 8.42 Å². The second-order valence-corrected chi connectivity index (χ2v) is 8.28. The van der Waals surface area contributed by atoms with Crippen LogP contribution in [0.25, 0.3) is 11.3 Å². The van der Waals surface area contributed by atoms with Gasteiger partial charge in [-0.1, -0.05) is 18.6 Å². The van der Waals surface area contributed by atoms with E-state index in [2.05, 4.69) is 5.32 Å². The van der Waals surface area contributed by atoms with E-state index in [0.717, 1.165) is 29.2 Å². The van der Waals surface area contributed by atoms with Crippen molar-refractivity contribution in [2.24, 2.45) is 0 Å². The molecule has 0 amide bonds. The number of rotatable bonds is 3. The fourth-order valence-electron chi connectivity index (χ4n) is 2.52. The van der Waals surface area contributed by atoms with Crippen molar-refractivity contribution in [2.75, 3.05) is 12.8 Å². The highest BCUT2D eigenvalue weighted by molar-refractivity contribution is 7.90. The number of piperidine rings is 1. The minimum Gasteiger partial charge on any atom is -0.308 e. The van der Waals surface area contributed by atoms with E-state index >= 15 is 0 Å². The van der Waals surface area contributed by atoms with E-state index in [1.807, 2.05) is 17.5 Å². The van der Waals surface area contributed by atoms with E-state index in [0.29, 0.717) is 10.9 Å². The van der Waals surface area contributed by atoms with Gasteiger partial charge in [-0.05, 0) is 31.5 Å². The first-order valence-electron chi connectivity index (χ1n) is 7.03. The number of nitrogens with zero attached hydrogens (tertiary/aromatic N) is 1. The van der Waals surface area contributed by atoms with Crippen LogP contribution in [0.15, 0.2) is 34.5 Å². The molecule has 1 aromatic carbocycles. The number of sulfone groups is 1. The van der Waals surface area contributed by atoms with E-state index < -0.39 is 9.84 Å². The molecule has 4 nitrogen and oxygen atoms in total. The van der Waals surface area contributed by atoms with Gasteiger partial charge in [0.05, 0.1) is 16.6 Å². The van der Waals surface area contributed by atoms with Crippen LogP contribution in [0, 0.1) is 0 Å². The number of nitrogens with one attached hydrogen (secondary N) is 1. The number of hydrogen-bond acceptors (Lipinski definition) is 5. The highest BCUT2D eigenvalue weighted by Gasteiger charge is 2.18. The molecular formula is C15H18N2O2S2. The van der Waals surface area contributed by atoms with Crippen LogP contribution in [-0.2, 0) is 9.84 Å². The molecule has 0 bridgehead atoms. The van der Waals surface area contributed by atoms with Crippen molar-refractivity contribution in [3.63, 3.8) is 0 Å². The van der Waals surface area contributed by atoms with Gasteiger partial charge in [0.25, 0.3) is 0 Å². The monoisotopic (exact) mass is 322 g/mol. The van der Waals surface area contributed by atoms with Gasteiger partial charge in [0.1, 0.15) is 5.01 Å². The Morgan fingerprint density at radius 3 is 2.62 bits per heavy atom. The number of hydrogen-bond donors (Lipinski definition) is 1. The molecule has 2 aromatic rings. The molecule has 1 aromatic heterocycles. The largest absolute Gasteiger partial charge is 0.308 e. The first-order chi connectivity index (χ1) is 10.0. The van der Waals surface area contributed by atoms with Gasteiger partial charge >= 0.3 is 0 Å². The van der Waals surface area contributed by atoms with Gasteiger partial charge in [-0.2, -0.15) is 0 Å². The van der Waals surface area contributed by atoms with Gasteiger partial charge in [0.2, 0.25) is 0 Å². The van der Waals surface area contributed by atoms with E-state index in [-0.39, 0.29) is 0 Å². The molecule has 0 saturated carbocycles. The van der Waals surface area contributed by atoms with Crippen LogP contribution in [0.4, 0.5) is 0 Å². The second kappa shape index (κ2) is 5.87. The lowest BCUT2D eigenvalue weighted by atomic mass is 10.1. The van der Waals surface area contributed by atoms with Crippen molar-refractivity contribution in [2.45, 2.75) is 30.2 Å². The van der Waals surface area contributed by atoms with Crippen LogP contribution < -0.4 is 5.32 Å². The third-order valence-corrected chi connectivity index (χ3v) is 5.80. The molecule has 1 fully saturated rings. The molecule has 3 rings (SSSR count). The SMILES string of the molecule is CS(=O)(=O)c1ccc(-c2csc([C@H]3CCCCN3)n2)cc1. The maximum absolute atomic E-state index is 11.5. The Hall–Kier alpha value is -1.24. The van der Waals surface area contributed by atoms with Crippen molar-refractivity contribution in [3.05, 3.63) is 34.7 Å². The number of thiazole rings is 1. The minimum atomic E-state index is -3.14. The van der Waals surface area contributed by atoms with Gasteiger partial charge in [-0.3, -0.25) is 0 Å². The Balaban J connectivity index is 1.82. The van der Waals surface area contributed by atoms with Crippen molar-refractivity contribution >= 4 is 21.2 Å². The average molecular weight is 322 g/mol. The zero-order valence-corrected chi connectivity index (χ0v) is 13.5. The molecule has 0 unspecified atom stereocenters. The lowest BCUT2D eigenvalue weighted by Crippen LogP contribution is -2.26. The predicted octanol–water partition coefficient (Wildman–Crippen LogP) is 3.03. The molecule has 0 spiro atoms. The standard InChI is InChI=1S/C15H18N2O2S2/c1-21(18,19)12-7-5-11(6-8-12)14-10-20-15(17-14)13-4-2-3-9-16-13/h5-8,10,13,16H,2-4,9H2,1H3/t13-/m1/s1. The third kappa shape index (κ3) is 3.33. The van der Waals surface area contributed by atoms with Gasteiger partial charge in [0, 0.05) is 17.2 Å². The van der Waals surface area contributed by atoms with E-state index in [4.69, 9.17) is 4.98 Å². The van der Waals surface area contributed by atoms with Crippen LogP contribution in [0.5, 0.6) is 0 Å². The molecule has 21 heavy (non-hydrogen) atoms. The summed E-state index contributed by atoms with van der Waals surface area (Å²) in [6.45, 7) is 1.06. The molecule has 1 N–H and O–H groups in total. The predicted molar refractivity (Wildman–Crippen MR) is 85.3 cm³/mol. The van der Waals surface area contributed by atoms with Crippen molar-refractivity contribution < 1.29 is 8.42 Å². The fraction of sp³-hybridized carbons (Fsp3) is 0.400. The summed E-state index contributed by atoms with van der Waals surface area (Å²) >= 11 is 1.67. The first-order valence-corrected chi connectivity index (χ1v) is 9.80. The topological polar surface area (TPSA) is 59.1 Å².